The molecule has 0 bridgehead atoms. The van der Waals surface area contributed by atoms with Crippen molar-refractivity contribution in [1.82, 2.24) is 4.98 Å². The van der Waals surface area contributed by atoms with Gasteiger partial charge < -0.3 is 20.7 Å². The van der Waals surface area contributed by atoms with E-state index in [1.165, 1.54) is 12.3 Å². The Morgan fingerprint density at radius 1 is 0.966 bits per heavy atom. The highest BCUT2D eigenvalue weighted by atomic mass is 16.5. The van der Waals surface area contributed by atoms with E-state index in [-0.39, 0.29) is 22.9 Å². The van der Waals surface area contributed by atoms with E-state index in [0.717, 1.165) is 5.69 Å². The molecule has 3 rings (SSSR count). The van der Waals surface area contributed by atoms with E-state index in [1.807, 2.05) is 31.1 Å². The van der Waals surface area contributed by atoms with Crippen LogP contribution < -0.4 is 20.7 Å². The molecule has 0 saturated carbocycles. The van der Waals surface area contributed by atoms with Crippen molar-refractivity contribution in [1.29, 1.82) is 0 Å². The zero-order valence-corrected chi connectivity index (χ0v) is 16.5. The Morgan fingerprint density at radius 3 is 2.17 bits per heavy atom. The van der Waals surface area contributed by atoms with Gasteiger partial charge in [0.05, 0.1) is 18.5 Å². The minimum absolute atomic E-state index is 0.0875. The first-order valence-electron chi connectivity index (χ1n) is 8.92. The fourth-order valence-electron chi connectivity index (χ4n) is 2.76. The third kappa shape index (κ3) is 4.35. The van der Waals surface area contributed by atoms with Crippen molar-refractivity contribution in [2.45, 2.75) is 0 Å². The van der Waals surface area contributed by atoms with E-state index < -0.39 is 5.91 Å². The molecule has 0 saturated heterocycles. The van der Waals surface area contributed by atoms with Gasteiger partial charge in [0.25, 0.3) is 5.91 Å². The number of nitrogens with two attached hydrogens (primary N) is 1. The van der Waals surface area contributed by atoms with Crippen LogP contribution in [0.4, 0.5) is 17.1 Å². The van der Waals surface area contributed by atoms with Gasteiger partial charge >= 0.3 is 0 Å². The molecule has 7 heteroatoms. The Labute approximate surface area is 169 Å². The number of carbonyl (C=O) groups excluding carboxylic acids is 2. The minimum atomic E-state index is -0.399. The third-order valence-electron chi connectivity index (χ3n) is 4.43. The number of nitrogen functional groups attached to an aromatic ring is 1. The van der Waals surface area contributed by atoms with Gasteiger partial charge in [-0.3, -0.25) is 14.6 Å². The molecule has 1 heterocycles. The van der Waals surface area contributed by atoms with E-state index in [2.05, 4.69) is 10.3 Å². The molecule has 0 aliphatic carbocycles. The van der Waals surface area contributed by atoms with E-state index in [4.69, 9.17) is 10.5 Å². The van der Waals surface area contributed by atoms with Crippen LogP contribution in [-0.4, -0.2) is 37.9 Å². The maximum Gasteiger partial charge on any atom is 0.255 e. The van der Waals surface area contributed by atoms with E-state index in [1.54, 1.807) is 43.5 Å². The fraction of sp³-hybridized carbons (Fsp3) is 0.136. The summed E-state index contributed by atoms with van der Waals surface area (Å²) in [4.78, 5) is 31.8. The summed E-state index contributed by atoms with van der Waals surface area (Å²) in [5, 5.41) is 2.72. The summed E-state index contributed by atoms with van der Waals surface area (Å²) in [5.74, 6) is -0.0866. The lowest BCUT2D eigenvalue weighted by molar-refractivity contribution is 0.102. The highest BCUT2D eigenvalue weighted by Crippen LogP contribution is 2.25. The van der Waals surface area contributed by atoms with Crippen LogP contribution in [0.1, 0.15) is 26.4 Å². The van der Waals surface area contributed by atoms with Gasteiger partial charge in [-0.15, -0.1) is 0 Å². The van der Waals surface area contributed by atoms with Gasteiger partial charge in [-0.2, -0.15) is 0 Å². The van der Waals surface area contributed by atoms with E-state index in [9.17, 15) is 9.59 Å². The van der Waals surface area contributed by atoms with Gasteiger partial charge in [0.15, 0.2) is 0 Å². The monoisotopic (exact) mass is 390 g/mol. The molecule has 0 aliphatic heterocycles. The number of ether oxygens (including phenoxy) is 1. The Bertz CT molecular complexity index is 1030. The number of ketones is 1. The Morgan fingerprint density at radius 2 is 1.59 bits per heavy atom. The minimum Gasteiger partial charge on any atom is -0.497 e. The predicted molar refractivity (Wildman–Crippen MR) is 114 cm³/mol. The highest BCUT2D eigenvalue weighted by Gasteiger charge is 2.20. The molecule has 1 amide bonds. The standard InChI is InChI=1S/C22H22N4O3/c1-26(2)16-8-4-14(5-9-16)21(27)20-19(18(23)12-13-24-20)25-22(28)15-6-10-17(29-3)11-7-15/h4-13H,1-3H3,(H2,23,24)(H,25,28). The normalized spacial score (nSPS) is 10.3. The summed E-state index contributed by atoms with van der Waals surface area (Å²) in [6.45, 7) is 0. The van der Waals surface area contributed by atoms with Gasteiger partial charge in [0, 0.05) is 37.1 Å². The first-order chi connectivity index (χ1) is 13.9. The molecule has 3 aromatic rings. The number of nitrogens with zero attached hydrogens (tertiary/aromatic N) is 2. The SMILES string of the molecule is COc1ccc(C(=O)Nc2c(N)ccnc2C(=O)c2ccc(N(C)C)cc2)cc1. The molecule has 0 spiro atoms. The number of aromatic nitrogens is 1. The van der Waals surface area contributed by atoms with Gasteiger partial charge in [-0.25, -0.2) is 0 Å². The number of amides is 1. The van der Waals surface area contributed by atoms with Crippen LogP contribution >= 0.6 is 0 Å². The molecule has 29 heavy (non-hydrogen) atoms. The topological polar surface area (TPSA) is 97.5 Å². The maximum atomic E-state index is 13.0. The number of benzene rings is 2. The summed E-state index contributed by atoms with van der Waals surface area (Å²) in [7, 11) is 5.39. The van der Waals surface area contributed by atoms with Crippen LogP contribution in [0.5, 0.6) is 5.75 Å². The Kier molecular flexibility index (Phi) is 5.78. The van der Waals surface area contributed by atoms with Crippen molar-refractivity contribution in [2.75, 3.05) is 37.2 Å². The first kappa shape index (κ1) is 19.9. The van der Waals surface area contributed by atoms with Gasteiger partial charge in [-0.1, -0.05) is 0 Å². The molecule has 0 fully saturated rings. The lowest BCUT2D eigenvalue weighted by atomic mass is 10.0. The van der Waals surface area contributed by atoms with Crippen molar-refractivity contribution in [2.24, 2.45) is 0 Å². The molecular formula is C22H22N4O3. The zero-order chi connectivity index (χ0) is 21.0. The number of pyridine rings is 1. The lowest BCUT2D eigenvalue weighted by Gasteiger charge is -2.14. The molecule has 0 aliphatic rings. The number of methoxy groups -OCH3 is 1. The second-order valence-corrected chi connectivity index (χ2v) is 6.58. The predicted octanol–water partition coefficient (Wildman–Crippen LogP) is 3.22. The lowest BCUT2D eigenvalue weighted by Crippen LogP contribution is -2.18. The van der Waals surface area contributed by atoms with Crippen LogP contribution in [0.2, 0.25) is 0 Å². The summed E-state index contributed by atoms with van der Waals surface area (Å²) >= 11 is 0. The molecule has 3 N–H and O–H groups in total. The number of hydrogen-bond acceptors (Lipinski definition) is 6. The molecule has 0 unspecified atom stereocenters. The Hall–Kier alpha value is -3.87. The van der Waals surface area contributed by atoms with Crippen LogP contribution in [-0.2, 0) is 0 Å². The van der Waals surface area contributed by atoms with Crippen LogP contribution in [0.25, 0.3) is 0 Å². The molecule has 0 radical (unpaired) electrons. The smallest absolute Gasteiger partial charge is 0.255 e. The number of anilines is 3. The van der Waals surface area contributed by atoms with Gasteiger partial charge in [-0.05, 0) is 54.6 Å². The van der Waals surface area contributed by atoms with Crippen LogP contribution in [0.15, 0.2) is 60.8 Å². The van der Waals surface area contributed by atoms with Crippen LogP contribution in [0, 0.1) is 0 Å². The second-order valence-electron chi connectivity index (χ2n) is 6.58. The number of carbonyl (C=O) groups is 2. The number of hydrogen-bond donors (Lipinski definition) is 2. The largest absolute Gasteiger partial charge is 0.497 e. The van der Waals surface area contributed by atoms with Crippen molar-refractivity contribution in [3.8, 4) is 5.75 Å². The van der Waals surface area contributed by atoms with Gasteiger partial charge in [0.1, 0.15) is 11.4 Å². The molecule has 1 aromatic heterocycles. The van der Waals surface area contributed by atoms with Crippen molar-refractivity contribution in [3.05, 3.63) is 77.6 Å². The fourth-order valence-corrected chi connectivity index (χ4v) is 2.76. The molecule has 7 nitrogen and oxygen atoms in total. The van der Waals surface area contributed by atoms with E-state index in [0.29, 0.717) is 16.9 Å². The zero-order valence-electron chi connectivity index (χ0n) is 16.5. The molecular weight excluding hydrogens is 368 g/mol. The van der Waals surface area contributed by atoms with Crippen LogP contribution in [0.3, 0.4) is 0 Å². The Balaban J connectivity index is 1.90. The maximum absolute atomic E-state index is 13.0. The third-order valence-corrected chi connectivity index (χ3v) is 4.43. The quantitative estimate of drug-likeness (QED) is 0.627. The van der Waals surface area contributed by atoms with Crippen molar-refractivity contribution < 1.29 is 14.3 Å². The molecule has 148 valence electrons. The molecule has 0 atom stereocenters. The average molecular weight is 390 g/mol. The summed E-state index contributed by atoms with van der Waals surface area (Å²) in [6, 6.07) is 15.3. The highest BCUT2D eigenvalue weighted by molar-refractivity contribution is 6.16. The summed E-state index contributed by atoms with van der Waals surface area (Å²) in [6.07, 6.45) is 1.44. The first-order valence-corrected chi connectivity index (χ1v) is 8.92. The second kappa shape index (κ2) is 8.43. The summed E-state index contributed by atoms with van der Waals surface area (Å²) < 4.78 is 5.10. The average Bonchev–Trinajstić information content (AvgIpc) is 2.74. The van der Waals surface area contributed by atoms with Crippen molar-refractivity contribution >= 4 is 28.8 Å². The van der Waals surface area contributed by atoms with E-state index >= 15 is 0 Å². The number of nitrogens with one attached hydrogen (secondary N) is 1. The van der Waals surface area contributed by atoms with Gasteiger partial charge in [0.2, 0.25) is 5.78 Å². The number of rotatable bonds is 6. The molecule has 2 aromatic carbocycles. The summed E-state index contributed by atoms with van der Waals surface area (Å²) in [5.41, 5.74) is 8.40. The van der Waals surface area contributed by atoms with Crippen molar-refractivity contribution in [3.63, 3.8) is 0 Å².